The van der Waals surface area contributed by atoms with Gasteiger partial charge >= 0.3 is 6.18 Å². The molecule has 2 aromatic rings. The second-order valence-corrected chi connectivity index (χ2v) is 8.24. The Morgan fingerprint density at radius 1 is 1.17 bits per heavy atom. The zero-order valence-electron chi connectivity index (χ0n) is 16.6. The van der Waals surface area contributed by atoms with Crippen molar-refractivity contribution in [1.29, 1.82) is 0 Å². The van der Waals surface area contributed by atoms with Crippen LogP contribution in [0.15, 0.2) is 36.4 Å². The summed E-state index contributed by atoms with van der Waals surface area (Å²) in [5.41, 5.74) is 0.316. The van der Waals surface area contributed by atoms with E-state index in [-0.39, 0.29) is 17.4 Å². The van der Waals surface area contributed by atoms with Crippen molar-refractivity contribution in [3.05, 3.63) is 63.7 Å². The summed E-state index contributed by atoms with van der Waals surface area (Å²) in [6, 6.07) is 9.40. The van der Waals surface area contributed by atoms with Crippen molar-refractivity contribution in [3.63, 3.8) is 0 Å². The van der Waals surface area contributed by atoms with Gasteiger partial charge in [0.15, 0.2) is 0 Å². The number of hydrogen-bond donors (Lipinski definition) is 0. The molecule has 0 bridgehead atoms. The van der Waals surface area contributed by atoms with Crippen LogP contribution in [-0.2, 0) is 19.1 Å². The number of alkyl halides is 3. The average molecular weight is 426 g/mol. The maximum atomic E-state index is 13.2. The number of amides is 1. The molecule has 1 aliphatic heterocycles. The van der Waals surface area contributed by atoms with Gasteiger partial charge in [-0.25, -0.2) is 0 Å². The van der Waals surface area contributed by atoms with Crippen LogP contribution >= 0.6 is 11.6 Å². The normalized spacial score (nSPS) is 14.3. The molecule has 1 amide bonds. The Balaban J connectivity index is 1.86. The van der Waals surface area contributed by atoms with Crippen LogP contribution in [-0.4, -0.2) is 23.0 Å². The molecule has 0 aliphatic carbocycles. The fourth-order valence-corrected chi connectivity index (χ4v) is 3.87. The quantitative estimate of drug-likeness (QED) is 0.557. The molecule has 0 unspecified atom stereocenters. The Bertz CT molecular complexity index is 925. The Kier molecular flexibility index (Phi) is 5.86. The molecule has 0 atom stereocenters. The summed E-state index contributed by atoms with van der Waals surface area (Å²) >= 11 is 5.72. The van der Waals surface area contributed by atoms with Crippen LogP contribution in [0.2, 0.25) is 5.02 Å². The molecule has 0 spiro atoms. The van der Waals surface area contributed by atoms with E-state index in [4.69, 9.17) is 16.3 Å². The molecule has 0 radical (unpaired) electrons. The van der Waals surface area contributed by atoms with E-state index in [0.29, 0.717) is 30.0 Å². The van der Waals surface area contributed by atoms with Crippen molar-refractivity contribution < 1.29 is 22.7 Å². The minimum absolute atomic E-state index is 0.165. The molecule has 0 aromatic heterocycles. The number of benzene rings is 2. The molecule has 0 saturated carbocycles. The van der Waals surface area contributed by atoms with Crippen LogP contribution in [0, 0.1) is 0 Å². The maximum Gasteiger partial charge on any atom is 0.417 e. The molecule has 3 nitrogen and oxygen atoms in total. The first-order valence-corrected chi connectivity index (χ1v) is 9.84. The van der Waals surface area contributed by atoms with Gasteiger partial charge in [0, 0.05) is 12.1 Å². The number of carbonyl (C=O) groups excluding carboxylic acids is 1. The Labute approximate surface area is 173 Å². The van der Waals surface area contributed by atoms with E-state index in [1.54, 1.807) is 17.0 Å². The average Bonchev–Trinajstić information content (AvgIpc) is 2.99. The zero-order chi connectivity index (χ0) is 21.4. The minimum Gasteiger partial charge on any atom is -0.493 e. The van der Waals surface area contributed by atoms with Gasteiger partial charge in [-0.3, -0.25) is 4.79 Å². The molecule has 7 heteroatoms. The summed E-state index contributed by atoms with van der Waals surface area (Å²) < 4.78 is 45.3. The molecule has 0 fully saturated rings. The first-order chi connectivity index (χ1) is 13.5. The first kappa shape index (κ1) is 21.5. The Morgan fingerprint density at radius 3 is 2.55 bits per heavy atom. The van der Waals surface area contributed by atoms with Crippen LogP contribution in [0.25, 0.3) is 0 Å². The van der Waals surface area contributed by atoms with Gasteiger partial charge in [0.1, 0.15) is 5.75 Å². The topological polar surface area (TPSA) is 29.5 Å². The number of rotatable bonds is 6. The summed E-state index contributed by atoms with van der Waals surface area (Å²) in [4.78, 5) is 14.8. The summed E-state index contributed by atoms with van der Waals surface area (Å²) in [5.74, 6) is 0.389. The van der Waals surface area contributed by atoms with Gasteiger partial charge in [0.25, 0.3) is 5.91 Å². The SMILES string of the molecule is CCCOc1cccc2c1C(=O)N(C(C)(C)Cc1ccc(Cl)c(C(F)(F)F)c1)C2. The van der Waals surface area contributed by atoms with Crippen molar-refractivity contribution in [3.8, 4) is 5.75 Å². The molecule has 2 aromatic carbocycles. The number of carbonyl (C=O) groups is 1. The highest BCUT2D eigenvalue weighted by Crippen LogP contribution is 2.38. The first-order valence-electron chi connectivity index (χ1n) is 9.47. The molecule has 0 saturated heterocycles. The molecule has 0 N–H and O–H groups in total. The highest BCUT2D eigenvalue weighted by atomic mass is 35.5. The molecular formula is C22H23ClF3NO2. The maximum absolute atomic E-state index is 13.2. The minimum atomic E-state index is -4.53. The van der Waals surface area contributed by atoms with Crippen molar-refractivity contribution in [1.82, 2.24) is 4.90 Å². The highest BCUT2D eigenvalue weighted by molar-refractivity contribution is 6.31. The van der Waals surface area contributed by atoms with Gasteiger partial charge < -0.3 is 9.64 Å². The van der Waals surface area contributed by atoms with E-state index in [1.807, 2.05) is 32.9 Å². The van der Waals surface area contributed by atoms with E-state index in [9.17, 15) is 18.0 Å². The van der Waals surface area contributed by atoms with E-state index < -0.39 is 17.3 Å². The summed E-state index contributed by atoms with van der Waals surface area (Å²) in [6.45, 7) is 6.60. The summed E-state index contributed by atoms with van der Waals surface area (Å²) in [5, 5.41) is -0.332. The predicted octanol–water partition coefficient (Wildman–Crippen LogP) is 6.12. The third kappa shape index (κ3) is 4.37. The number of hydrogen-bond acceptors (Lipinski definition) is 2. The van der Waals surface area contributed by atoms with Crippen LogP contribution in [0.3, 0.4) is 0 Å². The number of nitrogens with zero attached hydrogens (tertiary/aromatic N) is 1. The van der Waals surface area contributed by atoms with Gasteiger partial charge in [0.2, 0.25) is 0 Å². The van der Waals surface area contributed by atoms with Crippen molar-refractivity contribution >= 4 is 17.5 Å². The van der Waals surface area contributed by atoms with Crippen molar-refractivity contribution in [2.24, 2.45) is 0 Å². The molecule has 156 valence electrons. The lowest BCUT2D eigenvalue weighted by atomic mass is 9.92. The monoisotopic (exact) mass is 425 g/mol. The largest absolute Gasteiger partial charge is 0.493 e. The lowest BCUT2D eigenvalue weighted by Crippen LogP contribution is -2.45. The molecular weight excluding hydrogens is 403 g/mol. The van der Waals surface area contributed by atoms with E-state index in [0.717, 1.165) is 18.1 Å². The van der Waals surface area contributed by atoms with E-state index in [1.165, 1.54) is 6.07 Å². The zero-order valence-corrected chi connectivity index (χ0v) is 17.3. The van der Waals surface area contributed by atoms with Crippen molar-refractivity contribution in [2.75, 3.05) is 6.61 Å². The Morgan fingerprint density at radius 2 is 1.90 bits per heavy atom. The second-order valence-electron chi connectivity index (χ2n) is 7.83. The summed E-state index contributed by atoms with van der Waals surface area (Å²) in [7, 11) is 0. The molecule has 1 aliphatic rings. The number of fused-ring (bicyclic) bond motifs is 1. The number of halogens is 4. The van der Waals surface area contributed by atoms with Crippen LogP contribution in [0.1, 0.15) is 54.2 Å². The van der Waals surface area contributed by atoms with Gasteiger partial charge in [-0.05, 0) is 56.0 Å². The Hall–Kier alpha value is -2.21. The predicted molar refractivity (Wildman–Crippen MR) is 106 cm³/mol. The standard InChI is InChI=1S/C22H23ClF3NO2/c1-4-10-29-18-7-5-6-15-13-27(20(28)19(15)18)21(2,3)12-14-8-9-17(23)16(11-14)22(24,25)26/h5-9,11H,4,10,12-13H2,1-3H3. The van der Waals surface area contributed by atoms with Crippen molar-refractivity contribution in [2.45, 2.75) is 51.9 Å². The fraction of sp³-hybridized carbons (Fsp3) is 0.409. The lowest BCUT2D eigenvalue weighted by Gasteiger charge is -2.36. The van der Waals surface area contributed by atoms with Crippen LogP contribution in [0.4, 0.5) is 13.2 Å². The molecule has 29 heavy (non-hydrogen) atoms. The van der Waals surface area contributed by atoms with Crippen LogP contribution < -0.4 is 4.74 Å². The van der Waals surface area contributed by atoms with Gasteiger partial charge in [-0.2, -0.15) is 13.2 Å². The van der Waals surface area contributed by atoms with E-state index >= 15 is 0 Å². The highest BCUT2D eigenvalue weighted by Gasteiger charge is 2.40. The molecule has 1 heterocycles. The smallest absolute Gasteiger partial charge is 0.417 e. The number of ether oxygens (including phenoxy) is 1. The third-order valence-electron chi connectivity index (χ3n) is 5.07. The lowest BCUT2D eigenvalue weighted by molar-refractivity contribution is -0.137. The van der Waals surface area contributed by atoms with Gasteiger partial charge in [-0.15, -0.1) is 0 Å². The third-order valence-corrected chi connectivity index (χ3v) is 5.39. The van der Waals surface area contributed by atoms with Gasteiger partial charge in [0.05, 0.1) is 22.8 Å². The van der Waals surface area contributed by atoms with E-state index in [2.05, 4.69) is 0 Å². The molecule has 3 rings (SSSR count). The van der Waals surface area contributed by atoms with Crippen LogP contribution in [0.5, 0.6) is 5.75 Å². The summed E-state index contributed by atoms with van der Waals surface area (Å²) in [6.07, 6.45) is -3.44. The second kappa shape index (κ2) is 7.90. The fourth-order valence-electron chi connectivity index (χ4n) is 3.64. The van der Waals surface area contributed by atoms with Gasteiger partial charge in [-0.1, -0.05) is 36.7 Å².